The van der Waals surface area contributed by atoms with Gasteiger partial charge in [-0.2, -0.15) is 0 Å². The fourth-order valence-corrected chi connectivity index (χ4v) is 2.52. The van der Waals surface area contributed by atoms with Crippen LogP contribution in [0.15, 0.2) is 18.2 Å². The summed E-state index contributed by atoms with van der Waals surface area (Å²) in [6.45, 7) is 3.34. The smallest absolute Gasteiger partial charge is 0.0494 e. The Kier molecular flexibility index (Phi) is 4.58. The molecule has 0 saturated heterocycles. The van der Waals surface area contributed by atoms with Gasteiger partial charge in [0.1, 0.15) is 0 Å². The lowest BCUT2D eigenvalue weighted by molar-refractivity contribution is 0.711. The van der Waals surface area contributed by atoms with Gasteiger partial charge in [0.05, 0.1) is 0 Å². The van der Waals surface area contributed by atoms with Gasteiger partial charge in [-0.1, -0.05) is 31.0 Å². The van der Waals surface area contributed by atoms with E-state index in [-0.39, 0.29) is 0 Å². The zero-order valence-electron chi connectivity index (χ0n) is 10.3. The van der Waals surface area contributed by atoms with E-state index in [9.17, 15) is 0 Å². The summed E-state index contributed by atoms with van der Waals surface area (Å²) in [4.78, 5) is 2.49. The van der Waals surface area contributed by atoms with Gasteiger partial charge in [-0.05, 0) is 37.0 Å². The maximum Gasteiger partial charge on any atom is 0.0494 e. The van der Waals surface area contributed by atoms with Crippen LogP contribution in [0.5, 0.6) is 0 Å². The van der Waals surface area contributed by atoms with Gasteiger partial charge in [-0.3, -0.25) is 0 Å². The average Bonchev–Trinajstić information content (AvgIpc) is 3.14. The number of hydrogen-bond donors (Lipinski definition) is 0. The minimum absolute atomic E-state index is 0.557. The van der Waals surface area contributed by atoms with Crippen LogP contribution in [0.1, 0.15) is 38.2 Å². The Bertz CT molecular complexity index is 374. The zero-order valence-corrected chi connectivity index (χ0v) is 11.8. The van der Waals surface area contributed by atoms with Gasteiger partial charge in [-0.15, -0.1) is 11.6 Å². The van der Waals surface area contributed by atoms with Gasteiger partial charge < -0.3 is 4.90 Å². The van der Waals surface area contributed by atoms with E-state index in [2.05, 4.69) is 17.9 Å². The highest BCUT2D eigenvalue weighted by atomic mass is 35.5. The van der Waals surface area contributed by atoms with Crippen molar-refractivity contribution in [1.29, 1.82) is 0 Å². The van der Waals surface area contributed by atoms with Crippen molar-refractivity contribution in [2.24, 2.45) is 0 Å². The van der Waals surface area contributed by atoms with Crippen molar-refractivity contribution in [3.8, 4) is 0 Å². The summed E-state index contributed by atoms with van der Waals surface area (Å²) >= 11 is 12.1. The van der Waals surface area contributed by atoms with Crippen LogP contribution in [0.3, 0.4) is 0 Å². The first-order chi connectivity index (χ1) is 8.26. The van der Waals surface area contributed by atoms with Crippen LogP contribution in [0.25, 0.3) is 0 Å². The maximum atomic E-state index is 6.11. The monoisotopic (exact) mass is 271 g/mol. The molecule has 94 valence electrons. The summed E-state index contributed by atoms with van der Waals surface area (Å²) in [6.07, 6.45) is 5.06. The SMILES string of the molecule is CCCCN(c1cc(Cl)ccc1CCl)C1CC1. The van der Waals surface area contributed by atoms with Crippen molar-refractivity contribution >= 4 is 28.9 Å². The lowest BCUT2D eigenvalue weighted by atomic mass is 10.1. The van der Waals surface area contributed by atoms with E-state index in [1.165, 1.54) is 36.9 Å². The van der Waals surface area contributed by atoms with E-state index >= 15 is 0 Å². The first-order valence-electron chi connectivity index (χ1n) is 6.37. The molecule has 0 amide bonds. The second-order valence-electron chi connectivity index (χ2n) is 4.68. The molecule has 1 fully saturated rings. The maximum absolute atomic E-state index is 6.11. The van der Waals surface area contributed by atoms with Crippen molar-refractivity contribution in [1.82, 2.24) is 0 Å². The molecular formula is C14H19Cl2N. The third kappa shape index (κ3) is 3.29. The molecule has 17 heavy (non-hydrogen) atoms. The molecule has 1 nitrogen and oxygen atoms in total. The lowest BCUT2D eigenvalue weighted by Gasteiger charge is -2.27. The highest BCUT2D eigenvalue weighted by molar-refractivity contribution is 6.31. The van der Waals surface area contributed by atoms with Crippen LogP contribution in [0, 0.1) is 0 Å². The van der Waals surface area contributed by atoms with Crippen molar-refractivity contribution in [2.75, 3.05) is 11.4 Å². The number of halogens is 2. The van der Waals surface area contributed by atoms with Crippen LogP contribution in [0.2, 0.25) is 5.02 Å². The third-order valence-corrected chi connectivity index (χ3v) is 3.76. The molecule has 3 heteroatoms. The van der Waals surface area contributed by atoms with E-state index < -0.39 is 0 Å². The van der Waals surface area contributed by atoms with Crippen LogP contribution in [-0.2, 0) is 5.88 Å². The predicted molar refractivity (Wildman–Crippen MR) is 76.3 cm³/mol. The summed E-state index contributed by atoms with van der Waals surface area (Å²) in [7, 11) is 0. The number of alkyl halides is 1. The molecule has 1 aromatic carbocycles. The Labute approximate surface area is 114 Å². The summed E-state index contributed by atoms with van der Waals surface area (Å²) in [5.41, 5.74) is 2.43. The molecule has 0 aromatic heterocycles. The van der Waals surface area contributed by atoms with Crippen LogP contribution in [0.4, 0.5) is 5.69 Å². The highest BCUT2D eigenvalue weighted by Gasteiger charge is 2.29. The van der Waals surface area contributed by atoms with E-state index in [0.717, 1.165) is 11.6 Å². The summed E-state index contributed by atoms with van der Waals surface area (Å²) < 4.78 is 0. The topological polar surface area (TPSA) is 3.24 Å². The average molecular weight is 272 g/mol. The molecule has 1 saturated carbocycles. The first-order valence-corrected chi connectivity index (χ1v) is 7.28. The number of anilines is 1. The fourth-order valence-electron chi connectivity index (χ4n) is 2.13. The molecule has 0 bridgehead atoms. The van der Waals surface area contributed by atoms with Crippen LogP contribution >= 0.6 is 23.2 Å². The summed E-state index contributed by atoms with van der Waals surface area (Å²) in [5.74, 6) is 0.557. The first kappa shape index (κ1) is 13.0. The second-order valence-corrected chi connectivity index (χ2v) is 5.39. The van der Waals surface area contributed by atoms with E-state index in [0.29, 0.717) is 11.9 Å². The fraction of sp³-hybridized carbons (Fsp3) is 0.571. The van der Waals surface area contributed by atoms with Crippen molar-refractivity contribution in [3.63, 3.8) is 0 Å². The Balaban J connectivity index is 2.23. The van der Waals surface area contributed by atoms with E-state index in [4.69, 9.17) is 23.2 Å². The molecule has 1 aliphatic rings. The summed E-state index contributed by atoms with van der Waals surface area (Å²) in [6, 6.07) is 6.74. The zero-order chi connectivity index (χ0) is 12.3. The number of benzene rings is 1. The molecular weight excluding hydrogens is 253 g/mol. The molecule has 2 rings (SSSR count). The number of hydrogen-bond acceptors (Lipinski definition) is 1. The van der Waals surface area contributed by atoms with Crippen LogP contribution in [-0.4, -0.2) is 12.6 Å². The Morgan fingerprint density at radius 2 is 2.12 bits per heavy atom. The van der Waals surface area contributed by atoms with E-state index in [1.807, 2.05) is 12.1 Å². The third-order valence-electron chi connectivity index (χ3n) is 3.24. The number of unbranched alkanes of at least 4 members (excludes halogenated alkanes) is 1. The van der Waals surface area contributed by atoms with Gasteiger partial charge in [0.25, 0.3) is 0 Å². The standard InChI is InChI=1S/C14H19Cl2N/c1-2-3-8-17(13-6-7-13)14-9-12(16)5-4-11(14)10-15/h4-5,9,13H,2-3,6-8,10H2,1H3. The summed E-state index contributed by atoms with van der Waals surface area (Å²) in [5, 5.41) is 0.802. The van der Waals surface area contributed by atoms with Gasteiger partial charge in [0.2, 0.25) is 0 Å². The highest BCUT2D eigenvalue weighted by Crippen LogP contribution is 2.35. The second kappa shape index (κ2) is 5.97. The largest absolute Gasteiger partial charge is 0.368 e. The molecule has 0 radical (unpaired) electrons. The molecule has 0 heterocycles. The Hall–Kier alpha value is -0.400. The molecule has 1 aliphatic carbocycles. The molecule has 0 atom stereocenters. The molecule has 1 aromatic rings. The minimum Gasteiger partial charge on any atom is -0.368 e. The van der Waals surface area contributed by atoms with Gasteiger partial charge in [0.15, 0.2) is 0 Å². The van der Waals surface area contributed by atoms with Crippen LogP contribution < -0.4 is 4.90 Å². The Morgan fingerprint density at radius 3 is 2.71 bits per heavy atom. The normalized spacial score (nSPS) is 15.0. The Morgan fingerprint density at radius 1 is 1.35 bits per heavy atom. The number of rotatable bonds is 6. The van der Waals surface area contributed by atoms with Crippen molar-refractivity contribution < 1.29 is 0 Å². The van der Waals surface area contributed by atoms with Crippen molar-refractivity contribution in [3.05, 3.63) is 28.8 Å². The van der Waals surface area contributed by atoms with Gasteiger partial charge >= 0.3 is 0 Å². The van der Waals surface area contributed by atoms with Crippen molar-refractivity contribution in [2.45, 2.75) is 44.5 Å². The van der Waals surface area contributed by atoms with Gasteiger partial charge in [-0.25, -0.2) is 0 Å². The quantitative estimate of drug-likeness (QED) is 0.669. The van der Waals surface area contributed by atoms with E-state index in [1.54, 1.807) is 0 Å². The molecule has 0 unspecified atom stereocenters. The minimum atomic E-state index is 0.557. The van der Waals surface area contributed by atoms with Gasteiger partial charge in [0, 0.05) is 29.2 Å². The number of nitrogens with zero attached hydrogens (tertiary/aromatic N) is 1. The molecule has 0 aliphatic heterocycles. The molecule has 0 N–H and O–H groups in total. The molecule has 0 spiro atoms. The predicted octanol–water partition coefficient (Wildman–Crippen LogP) is 4.85. The lowest BCUT2D eigenvalue weighted by Crippen LogP contribution is -2.27.